The van der Waals surface area contributed by atoms with Crippen molar-refractivity contribution >= 4 is 28.1 Å². The van der Waals surface area contributed by atoms with E-state index in [4.69, 9.17) is 14.2 Å². The molecule has 1 N–H and O–H groups in total. The summed E-state index contributed by atoms with van der Waals surface area (Å²) in [4.78, 5) is 14.0. The van der Waals surface area contributed by atoms with Crippen molar-refractivity contribution in [2.24, 2.45) is 5.10 Å². The molecule has 1 heterocycles. The maximum atomic E-state index is 13.0. The average molecular weight is 480 g/mol. The molecular weight excluding hydrogens is 457 g/mol. The predicted molar refractivity (Wildman–Crippen MR) is 114 cm³/mol. The lowest BCUT2D eigenvalue weighted by Gasteiger charge is -2.25. The summed E-state index contributed by atoms with van der Waals surface area (Å²) in [5, 5.41) is 4.02. The number of halogens is 2. The number of nitrogens with one attached hydrogen (secondary N) is 1. The summed E-state index contributed by atoms with van der Waals surface area (Å²) in [7, 11) is 1.54. The number of morpholine rings is 1. The fourth-order valence-corrected chi connectivity index (χ4v) is 3.44. The molecule has 160 valence electrons. The van der Waals surface area contributed by atoms with Gasteiger partial charge in [0.1, 0.15) is 12.4 Å². The molecule has 1 saturated heterocycles. The molecule has 7 nitrogen and oxygen atoms in total. The van der Waals surface area contributed by atoms with Gasteiger partial charge in [-0.1, -0.05) is 12.1 Å². The van der Waals surface area contributed by atoms with Crippen LogP contribution in [0.25, 0.3) is 0 Å². The minimum atomic E-state index is -0.293. The quantitative estimate of drug-likeness (QED) is 0.465. The van der Waals surface area contributed by atoms with Gasteiger partial charge in [0.25, 0.3) is 5.91 Å². The number of ether oxygens (including phenoxy) is 3. The first-order valence-corrected chi connectivity index (χ1v) is 10.2. The van der Waals surface area contributed by atoms with E-state index in [1.807, 2.05) is 4.90 Å². The Kier molecular flexibility index (Phi) is 8.18. The molecule has 30 heavy (non-hydrogen) atoms. The number of benzene rings is 2. The normalized spacial score (nSPS) is 14.6. The highest BCUT2D eigenvalue weighted by Gasteiger charge is 2.14. The second-order valence-electron chi connectivity index (χ2n) is 6.63. The van der Waals surface area contributed by atoms with E-state index < -0.39 is 0 Å². The third-order valence-electron chi connectivity index (χ3n) is 4.42. The Labute approximate surface area is 182 Å². The third-order valence-corrected chi connectivity index (χ3v) is 5.01. The van der Waals surface area contributed by atoms with Crippen LogP contribution in [0, 0.1) is 5.82 Å². The third kappa shape index (κ3) is 6.51. The van der Waals surface area contributed by atoms with Crippen LogP contribution in [-0.4, -0.2) is 57.0 Å². The molecule has 2 aromatic carbocycles. The summed E-state index contributed by atoms with van der Waals surface area (Å²) < 4.78 is 30.2. The van der Waals surface area contributed by atoms with Crippen molar-refractivity contribution in [3.05, 3.63) is 57.8 Å². The summed E-state index contributed by atoms with van der Waals surface area (Å²) in [5.41, 5.74) is 4.09. The molecule has 1 fully saturated rings. The number of carbonyl (C=O) groups excluding carboxylic acids is 1. The van der Waals surface area contributed by atoms with Gasteiger partial charge in [-0.25, -0.2) is 9.82 Å². The molecule has 1 aliphatic rings. The van der Waals surface area contributed by atoms with Gasteiger partial charge < -0.3 is 14.2 Å². The Morgan fingerprint density at radius 3 is 2.73 bits per heavy atom. The van der Waals surface area contributed by atoms with E-state index in [1.54, 1.807) is 24.3 Å². The van der Waals surface area contributed by atoms with Crippen LogP contribution in [0.15, 0.2) is 46.0 Å². The average Bonchev–Trinajstić information content (AvgIpc) is 2.74. The molecule has 3 rings (SSSR count). The highest BCUT2D eigenvalue weighted by atomic mass is 79.9. The van der Waals surface area contributed by atoms with Gasteiger partial charge in [0.2, 0.25) is 0 Å². The zero-order valence-corrected chi connectivity index (χ0v) is 18.2. The summed E-state index contributed by atoms with van der Waals surface area (Å²) in [6.45, 7) is 3.30. The Bertz CT molecular complexity index is 887. The standard InChI is InChI=1S/C21H23BrFN3O4/c1-28-19-11-16(12-24-25-20(27)13-26-6-8-29-9-7-26)10-18(22)21(19)30-14-15-2-4-17(23)5-3-15/h2-5,10-12H,6-9,13-14H2,1H3,(H,25,27)/b24-12+. The van der Waals surface area contributed by atoms with Gasteiger partial charge >= 0.3 is 0 Å². The van der Waals surface area contributed by atoms with Gasteiger partial charge in [-0.2, -0.15) is 5.10 Å². The Morgan fingerprint density at radius 1 is 1.30 bits per heavy atom. The van der Waals surface area contributed by atoms with E-state index in [0.29, 0.717) is 29.2 Å². The van der Waals surface area contributed by atoms with E-state index in [9.17, 15) is 9.18 Å². The lowest BCUT2D eigenvalue weighted by atomic mass is 10.2. The number of nitrogens with zero attached hydrogens (tertiary/aromatic N) is 2. The van der Waals surface area contributed by atoms with Crippen LogP contribution in [0.2, 0.25) is 0 Å². The molecule has 9 heteroatoms. The highest BCUT2D eigenvalue weighted by Crippen LogP contribution is 2.36. The fraction of sp³-hybridized carbons (Fsp3) is 0.333. The molecule has 2 aromatic rings. The van der Waals surface area contributed by atoms with Crippen LogP contribution >= 0.6 is 15.9 Å². The van der Waals surface area contributed by atoms with Crippen LogP contribution in [0.3, 0.4) is 0 Å². The van der Waals surface area contributed by atoms with E-state index in [1.165, 1.54) is 25.5 Å². The van der Waals surface area contributed by atoms with Crippen LogP contribution in [0.1, 0.15) is 11.1 Å². The Morgan fingerprint density at radius 2 is 2.03 bits per heavy atom. The Balaban J connectivity index is 1.59. The first-order valence-electron chi connectivity index (χ1n) is 9.42. The lowest BCUT2D eigenvalue weighted by molar-refractivity contribution is -0.123. The van der Waals surface area contributed by atoms with Gasteiger partial charge in [-0.3, -0.25) is 9.69 Å². The zero-order valence-electron chi connectivity index (χ0n) is 16.6. The molecule has 1 amide bonds. The SMILES string of the molecule is COc1cc(/C=N/NC(=O)CN2CCOCC2)cc(Br)c1OCc1ccc(F)cc1. The molecule has 0 aliphatic carbocycles. The van der Waals surface area contributed by atoms with Crippen molar-refractivity contribution in [3.8, 4) is 11.5 Å². The number of carbonyl (C=O) groups is 1. The second kappa shape index (κ2) is 11.1. The molecule has 0 aromatic heterocycles. The number of hydrogen-bond acceptors (Lipinski definition) is 6. The number of hydrogen-bond donors (Lipinski definition) is 1. The van der Waals surface area contributed by atoms with Crippen molar-refractivity contribution in [2.75, 3.05) is 40.0 Å². The minimum absolute atomic E-state index is 0.182. The molecule has 0 spiro atoms. The van der Waals surface area contributed by atoms with Gasteiger partial charge in [-0.05, 0) is 51.3 Å². The molecule has 0 saturated carbocycles. The number of amides is 1. The highest BCUT2D eigenvalue weighted by molar-refractivity contribution is 9.10. The molecule has 0 unspecified atom stereocenters. The predicted octanol–water partition coefficient (Wildman–Crippen LogP) is 2.96. The van der Waals surface area contributed by atoms with Crippen molar-refractivity contribution in [1.82, 2.24) is 10.3 Å². The van der Waals surface area contributed by atoms with Gasteiger partial charge in [-0.15, -0.1) is 0 Å². The number of methoxy groups -OCH3 is 1. The maximum absolute atomic E-state index is 13.0. The molecular formula is C21H23BrFN3O4. The van der Waals surface area contributed by atoms with Gasteiger partial charge in [0.05, 0.1) is 37.6 Å². The Hall–Kier alpha value is -2.49. The van der Waals surface area contributed by atoms with Crippen molar-refractivity contribution < 1.29 is 23.4 Å². The molecule has 0 atom stereocenters. The van der Waals surface area contributed by atoms with Crippen LogP contribution in [0.5, 0.6) is 11.5 Å². The molecule has 0 radical (unpaired) electrons. The number of hydrazone groups is 1. The monoisotopic (exact) mass is 479 g/mol. The first-order chi connectivity index (χ1) is 14.5. The maximum Gasteiger partial charge on any atom is 0.254 e. The van der Waals surface area contributed by atoms with Crippen molar-refractivity contribution in [3.63, 3.8) is 0 Å². The van der Waals surface area contributed by atoms with Crippen molar-refractivity contribution in [2.45, 2.75) is 6.61 Å². The molecule has 1 aliphatic heterocycles. The van der Waals surface area contributed by atoms with E-state index in [0.717, 1.165) is 24.2 Å². The van der Waals surface area contributed by atoms with Crippen molar-refractivity contribution in [1.29, 1.82) is 0 Å². The topological polar surface area (TPSA) is 72.4 Å². The minimum Gasteiger partial charge on any atom is -0.493 e. The first kappa shape index (κ1) is 22.2. The van der Waals surface area contributed by atoms with Gasteiger partial charge in [0.15, 0.2) is 11.5 Å². The largest absolute Gasteiger partial charge is 0.493 e. The van der Waals surface area contributed by atoms with E-state index in [2.05, 4.69) is 26.5 Å². The summed E-state index contributed by atoms with van der Waals surface area (Å²) in [5.74, 6) is 0.555. The van der Waals surface area contributed by atoms with Crippen LogP contribution in [-0.2, 0) is 16.1 Å². The summed E-state index contributed by atoms with van der Waals surface area (Å²) >= 11 is 3.48. The lowest BCUT2D eigenvalue weighted by Crippen LogP contribution is -2.42. The summed E-state index contributed by atoms with van der Waals surface area (Å²) in [6, 6.07) is 9.66. The van der Waals surface area contributed by atoms with E-state index >= 15 is 0 Å². The fourth-order valence-electron chi connectivity index (χ4n) is 2.87. The zero-order chi connectivity index (χ0) is 21.3. The van der Waals surface area contributed by atoms with Crippen LogP contribution < -0.4 is 14.9 Å². The summed E-state index contributed by atoms with van der Waals surface area (Å²) in [6.07, 6.45) is 1.54. The van der Waals surface area contributed by atoms with E-state index in [-0.39, 0.29) is 24.9 Å². The second-order valence-corrected chi connectivity index (χ2v) is 7.49. The molecule has 0 bridgehead atoms. The smallest absolute Gasteiger partial charge is 0.254 e. The van der Waals surface area contributed by atoms with Crippen LogP contribution in [0.4, 0.5) is 4.39 Å². The van der Waals surface area contributed by atoms with Gasteiger partial charge in [0, 0.05) is 13.1 Å². The number of rotatable bonds is 8.